The van der Waals surface area contributed by atoms with E-state index >= 15 is 0 Å². The molecule has 1 heterocycles. The molecule has 0 aliphatic rings. The van der Waals surface area contributed by atoms with E-state index in [4.69, 9.17) is 28.3 Å². The Morgan fingerprint density at radius 3 is 2.43 bits per heavy atom. The minimum absolute atomic E-state index is 0.0181. The van der Waals surface area contributed by atoms with Crippen LogP contribution in [0.5, 0.6) is 0 Å². The molecule has 0 saturated carbocycles. The minimum Gasteiger partial charge on any atom is -0.478 e. The zero-order valence-electron chi connectivity index (χ0n) is 10.3. The summed E-state index contributed by atoms with van der Waals surface area (Å²) in [4.78, 5) is 10.9. The highest BCUT2D eigenvalue weighted by Crippen LogP contribution is 2.33. The Morgan fingerprint density at radius 2 is 1.90 bits per heavy atom. The summed E-state index contributed by atoms with van der Waals surface area (Å²) in [6, 6.07) is 4.75. The first-order valence-electron chi connectivity index (χ1n) is 5.63. The van der Waals surface area contributed by atoms with E-state index in [2.05, 4.69) is 0 Å². The lowest BCUT2D eigenvalue weighted by Crippen LogP contribution is -2.09. The van der Waals surface area contributed by atoms with Gasteiger partial charge in [-0.05, 0) is 11.6 Å². The Hall–Kier alpha value is -1.66. The zero-order valence-corrected chi connectivity index (χ0v) is 11.8. The van der Waals surface area contributed by atoms with E-state index in [9.17, 15) is 18.0 Å². The molecule has 0 radical (unpaired) electrons. The predicted molar refractivity (Wildman–Crippen MR) is 72.0 cm³/mol. The Morgan fingerprint density at radius 1 is 1.24 bits per heavy atom. The van der Waals surface area contributed by atoms with E-state index in [0.717, 1.165) is 17.0 Å². The van der Waals surface area contributed by atoms with Crippen LogP contribution in [-0.4, -0.2) is 15.6 Å². The van der Waals surface area contributed by atoms with Gasteiger partial charge < -0.3 is 9.67 Å². The van der Waals surface area contributed by atoms with Gasteiger partial charge >= 0.3 is 12.1 Å². The third-order valence-corrected chi connectivity index (χ3v) is 3.66. The molecule has 112 valence electrons. The summed E-state index contributed by atoms with van der Waals surface area (Å²) in [5, 5.41) is 9.34. The monoisotopic (exact) mass is 337 g/mol. The van der Waals surface area contributed by atoms with Crippen LogP contribution in [0.2, 0.25) is 10.0 Å². The first kappa shape index (κ1) is 15.7. The van der Waals surface area contributed by atoms with E-state index in [1.165, 1.54) is 0 Å². The van der Waals surface area contributed by atoms with Gasteiger partial charge in [0.2, 0.25) is 0 Å². The lowest BCUT2D eigenvalue weighted by Gasteiger charge is -2.07. The number of hydrogen-bond acceptors (Lipinski definition) is 1. The molecule has 0 atom stereocenters. The van der Waals surface area contributed by atoms with Gasteiger partial charge in [0.15, 0.2) is 0 Å². The number of aromatic carboxylic acids is 1. The average molecular weight is 338 g/mol. The lowest BCUT2D eigenvalue weighted by molar-refractivity contribution is -0.138. The fourth-order valence-electron chi connectivity index (χ4n) is 1.86. The van der Waals surface area contributed by atoms with Crippen molar-refractivity contribution in [1.82, 2.24) is 4.57 Å². The number of aromatic nitrogens is 1. The van der Waals surface area contributed by atoms with Crippen molar-refractivity contribution in [3.8, 4) is 0 Å². The second kappa shape index (κ2) is 5.61. The Kier molecular flexibility index (Phi) is 4.20. The Bertz CT molecular complexity index is 695. The molecule has 0 saturated heterocycles. The lowest BCUT2D eigenvalue weighted by atomic mass is 10.2. The maximum Gasteiger partial charge on any atom is 0.418 e. The van der Waals surface area contributed by atoms with Crippen molar-refractivity contribution in [1.29, 1.82) is 0 Å². The summed E-state index contributed by atoms with van der Waals surface area (Å²) >= 11 is 11.8. The molecule has 1 aromatic heterocycles. The van der Waals surface area contributed by atoms with Crippen LogP contribution in [0.15, 0.2) is 30.6 Å². The number of carbonyl (C=O) groups is 1. The summed E-state index contributed by atoms with van der Waals surface area (Å²) in [6.07, 6.45) is -3.08. The number of hydrogen-bond donors (Lipinski definition) is 1. The molecule has 0 amide bonds. The van der Waals surface area contributed by atoms with Crippen LogP contribution >= 0.6 is 23.2 Å². The maximum atomic E-state index is 12.8. The molecule has 0 bridgehead atoms. The number of carboxylic acid groups (broad SMARTS) is 1. The number of alkyl halides is 3. The number of halogens is 5. The van der Waals surface area contributed by atoms with Crippen LogP contribution in [0.4, 0.5) is 13.2 Å². The largest absolute Gasteiger partial charge is 0.478 e. The van der Waals surface area contributed by atoms with Crippen LogP contribution < -0.4 is 0 Å². The van der Waals surface area contributed by atoms with Gasteiger partial charge in [0.25, 0.3) is 0 Å². The standard InChI is InChI=1S/C13H8Cl2F3NO2/c14-10-3-1-2-7(11(10)15)4-19-5-8(12(20)21)9(6-19)13(16,17)18/h1-3,5-6H,4H2,(H,20,21). The minimum atomic E-state index is -4.74. The van der Waals surface area contributed by atoms with Crippen molar-refractivity contribution in [2.75, 3.05) is 0 Å². The van der Waals surface area contributed by atoms with E-state index in [-0.39, 0.29) is 16.6 Å². The van der Waals surface area contributed by atoms with Crippen LogP contribution in [0.25, 0.3) is 0 Å². The third-order valence-electron chi connectivity index (χ3n) is 2.80. The summed E-state index contributed by atoms with van der Waals surface area (Å²) in [7, 11) is 0. The molecular weight excluding hydrogens is 330 g/mol. The number of benzene rings is 1. The highest BCUT2D eigenvalue weighted by Gasteiger charge is 2.37. The molecule has 2 rings (SSSR count). The fourth-order valence-corrected chi connectivity index (χ4v) is 2.24. The molecule has 3 nitrogen and oxygen atoms in total. The molecule has 0 aliphatic carbocycles. The van der Waals surface area contributed by atoms with E-state index in [0.29, 0.717) is 5.56 Å². The van der Waals surface area contributed by atoms with Crippen molar-refractivity contribution < 1.29 is 23.1 Å². The molecular formula is C13H8Cl2F3NO2. The highest BCUT2D eigenvalue weighted by molar-refractivity contribution is 6.42. The van der Waals surface area contributed by atoms with Gasteiger partial charge in [-0.15, -0.1) is 0 Å². The smallest absolute Gasteiger partial charge is 0.418 e. The number of nitrogens with zero attached hydrogens (tertiary/aromatic N) is 1. The van der Waals surface area contributed by atoms with Crippen molar-refractivity contribution in [2.45, 2.75) is 12.7 Å². The van der Waals surface area contributed by atoms with Crippen molar-refractivity contribution in [3.05, 3.63) is 57.3 Å². The van der Waals surface area contributed by atoms with E-state index in [1.54, 1.807) is 18.2 Å². The molecule has 21 heavy (non-hydrogen) atoms. The summed E-state index contributed by atoms with van der Waals surface area (Å²) in [6.45, 7) is -0.0181. The van der Waals surface area contributed by atoms with Gasteiger partial charge in [0.1, 0.15) is 0 Å². The quantitative estimate of drug-likeness (QED) is 0.891. The van der Waals surface area contributed by atoms with Crippen molar-refractivity contribution in [3.63, 3.8) is 0 Å². The van der Waals surface area contributed by atoms with Gasteiger partial charge in [-0.2, -0.15) is 13.2 Å². The second-order valence-corrected chi connectivity index (χ2v) is 5.06. The molecule has 1 aromatic carbocycles. The van der Waals surface area contributed by atoms with Gasteiger partial charge in [-0.25, -0.2) is 4.79 Å². The zero-order chi connectivity index (χ0) is 15.8. The Balaban J connectivity index is 2.42. The fraction of sp³-hybridized carbons (Fsp3) is 0.154. The van der Waals surface area contributed by atoms with Gasteiger partial charge in [0.05, 0.1) is 21.2 Å². The average Bonchev–Trinajstić information content (AvgIpc) is 2.79. The maximum absolute atomic E-state index is 12.8. The molecule has 0 aliphatic heterocycles. The normalized spacial score (nSPS) is 11.7. The number of rotatable bonds is 3. The molecule has 0 fully saturated rings. The molecule has 8 heteroatoms. The van der Waals surface area contributed by atoms with Crippen LogP contribution in [0.1, 0.15) is 21.5 Å². The van der Waals surface area contributed by atoms with Crippen LogP contribution in [-0.2, 0) is 12.7 Å². The first-order chi connectivity index (χ1) is 9.70. The SMILES string of the molecule is O=C(O)c1cn(Cc2cccc(Cl)c2Cl)cc1C(F)(F)F. The third kappa shape index (κ3) is 3.33. The second-order valence-electron chi connectivity index (χ2n) is 4.27. The molecule has 2 aromatic rings. The van der Waals surface area contributed by atoms with Crippen LogP contribution in [0, 0.1) is 0 Å². The predicted octanol–water partition coefficient (Wildman–Crippen LogP) is 4.56. The number of carboxylic acids is 1. The first-order valence-corrected chi connectivity index (χ1v) is 6.39. The van der Waals surface area contributed by atoms with Crippen molar-refractivity contribution >= 4 is 29.2 Å². The van der Waals surface area contributed by atoms with Gasteiger partial charge in [-0.3, -0.25) is 0 Å². The molecule has 1 N–H and O–H groups in total. The van der Waals surface area contributed by atoms with Gasteiger partial charge in [0, 0.05) is 18.9 Å². The summed E-state index contributed by atoms with van der Waals surface area (Å²) < 4.78 is 39.5. The van der Waals surface area contributed by atoms with E-state index < -0.39 is 23.3 Å². The molecule has 0 spiro atoms. The van der Waals surface area contributed by atoms with Crippen molar-refractivity contribution in [2.24, 2.45) is 0 Å². The summed E-state index contributed by atoms with van der Waals surface area (Å²) in [5.41, 5.74) is -1.52. The van der Waals surface area contributed by atoms with E-state index in [1.807, 2.05) is 0 Å². The topological polar surface area (TPSA) is 42.2 Å². The Labute approximate surface area is 127 Å². The highest BCUT2D eigenvalue weighted by atomic mass is 35.5. The molecule has 0 unspecified atom stereocenters. The van der Waals surface area contributed by atoms with Gasteiger partial charge in [-0.1, -0.05) is 35.3 Å². The summed E-state index contributed by atoms with van der Waals surface area (Å²) in [5.74, 6) is -1.64. The van der Waals surface area contributed by atoms with Crippen LogP contribution in [0.3, 0.4) is 0 Å².